The Kier molecular flexibility index (Phi) is 14.6. The van der Waals surface area contributed by atoms with E-state index < -0.39 is 56.1 Å². The second kappa shape index (κ2) is 17.8. The number of ether oxygens (including phenoxy) is 4. The number of hydrogen-bond acceptors (Lipinski definition) is 12. The lowest BCUT2D eigenvalue weighted by atomic mass is 9.99. The summed E-state index contributed by atoms with van der Waals surface area (Å²) in [4.78, 5) is 30.9. The Labute approximate surface area is 320 Å². The molecule has 3 rings (SSSR count). The lowest BCUT2D eigenvalue weighted by Gasteiger charge is -2.35. The number of aromatic nitrogens is 2. The molecule has 3 aromatic rings. The summed E-state index contributed by atoms with van der Waals surface area (Å²) in [6.45, 7) is 15.8. The van der Waals surface area contributed by atoms with Crippen LogP contribution in [0.25, 0.3) is 0 Å². The van der Waals surface area contributed by atoms with E-state index in [-0.39, 0.29) is 41.5 Å². The molecule has 14 nitrogen and oxygen atoms in total. The SMILES string of the molecule is COc1ccc(CN(c2ncns2)S(=O)(=O)c2cc(Cl)c(NCC(CN(C(=O)OC(C)(C)C)C(C)C)[C@@H](C)NC(=O)OC(C)(C)C)cc2F)c(OC)c1. The number of methoxy groups -OCH3 is 2. The molecule has 0 aliphatic carbocycles. The highest BCUT2D eigenvalue weighted by Crippen LogP contribution is 2.35. The van der Waals surface area contributed by atoms with E-state index in [9.17, 15) is 18.0 Å². The number of hydrogen-bond donors (Lipinski definition) is 2. The Morgan fingerprint density at radius 3 is 2.21 bits per heavy atom. The molecule has 0 aliphatic rings. The number of amides is 2. The van der Waals surface area contributed by atoms with Crippen LogP contribution in [0, 0.1) is 11.7 Å². The number of benzene rings is 2. The first kappa shape index (κ1) is 43.3. The lowest BCUT2D eigenvalue weighted by molar-refractivity contribution is 0.0146. The van der Waals surface area contributed by atoms with Crippen molar-refractivity contribution in [1.29, 1.82) is 0 Å². The van der Waals surface area contributed by atoms with Crippen LogP contribution >= 0.6 is 23.1 Å². The molecule has 2 atom stereocenters. The van der Waals surface area contributed by atoms with Gasteiger partial charge in [0.1, 0.15) is 39.7 Å². The van der Waals surface area contributed by atoms with Gasteiger partial charge in [-0.15, -0.1) is 0 Å². The summed E-state index contributed by atoms with van der Waals surface area (Å²) in [6, 6.07) is 6.04. The topological polar surface area (TPSA) is 162 Å². The summed E-state index contributed by atoms with van der Waals surface area (Å²) in [5, 5.41) is 5.81. The van der Waals surface area contributed by atoms with Gasteiger partial charge in [0.05, 0.1) is 31.5 Å². The van der Waals surface area contributed by atoms with Crippen molar-refractivity contribution in [3.05, 3.63) is 53.1 Å². The van der Waals surface area contributed by atoms with Crippen molar-refractivity contribution in [3.8, 4) is 11.5 Å². The summed E-state index contributed by atoms with van der Waals surface area (Å²) >= 11 is 7.45. The average molecular weight is 801 g/mol. The number of carbonyl (C=O) groups is 2. The molecule has 0 bridgehead atoms. The maximum atomic E-state index is 16.0. The molecule has 1 heterocycles. The molecule has 0 aliphatic heterocycles. The number of nitrogens with zero attached hydrogens (tertiary/aromatic N) is 4. The highest BCUT2D eigenvalue weighted by Gasteiger charge is 2.33. The first-order valence-electron chi connectivity index (χ1n) is 16.8. The number of anilines is 2. The maximum absolute atomic E-state index is 16.0. The first-order chi connectivity index (χ1) is 24.6. The molecular formula is C35H50ClFN6O8S2. The van der Waals surface area contributed by atoms with E-state index in [1.807, 2.05) is 13.8 Å². The highest BCUT2D eigenvalue weighted by atomic mass is 35.5. The standard InChI is InChI=1S/C35H50ClFN6O8S2/c1-21(2)42(33(45)51-35(7,8)9)18-24(22(3)41-32(44)50-34(4,5)6)17-38-28-16-27(37)30(15-26(28)36)53(46,47)43(31-39-20-40-52-31)19-23-12-13-25(48-10)14-29(23)49-11/h12-16,20-22,24,38H,17-19H2,1-11H3,(H,41,44)/t22-,24?/m1/s1. The predicted octanol–water partition coefficient (Wildman–Crippen LogP) is 7.33. The van der Waals surface area contributed by atoms with Crippen LogP contribution in [-0.4, -0.2) is 85.5 Å². The molecule has 1 unspecified atom stereocenters. The molecule has 0 saturated heterocycles. The number of alkyl carbamates (subject to hydrolysis) is 1. The minimum Gasteiger partial charge on any atom is -0.497 e. The summed E-state index contributed by atoms with van der Waals surface area (Å²) in [5.74, 6) is -0.731. The minimum atomic E-state index is -4.61. The van der Waals surface area contributed by atoms with Crippen LogP contribution in [0.2, 0.25) is 5.02 Å². The van der Waals surface area contributed by atoms with Crippen LogP contribution in [0.15, 0.2) is 41.6 Å². The molecule has 2 N–H and O–H groups in total. The quantitative estimate of drug-likeness (QED) is 0.158. The van der Waals surface area contributed by atoms with Crippen molar-refractivity contribution < 1.29 is 41.3 Å². The molecule has 18 heteroatoms. The summed E-state index contributed by atoms with van der Waals surface area (Å²) in [5.41, 5.74) is -0.959. The van der Waals surface area contributed by atoms with Crippen LogP contribution in [0.1, 0.15) is 67.9 Å². The van der Waals surface area contributed by atoms with E-state index in [0.717, 1.165) is 28.0 Å². The summed E-state index contributed by atoms with van der Waals surface area (Å²) in [6.07, 6.45) is -0.00952. The smallest absolute Gasteiger partial charge is 0.410 e. The molecule has 0 radical (unpaired) electrons. The van der Waals surface area contributed by atoms with E-state index in [4.69, 9.17) is 30.5 Å². The van der Waals surface area contributed by atoms with Gasteiger partial charge in [0.2, 0.25) is 5.13 Å². The van der Waals surface area contributed by atoms with E-state index in [1.165, 1.54) is 25.4 Å². The first-order valence-corrected chi connectivity index (χ1v) is 19.4. The van der Waals surface area contributed by atoms with Crippen molar-refractivity contribution in [2.45, 2.75) is 97.0 Å². The number of nitrogens with one attached hydrogen (secondary N) is 2. The number of rotatable bonds is 15. The normalized spacial score (nSPS) is 13.2. The van der Waals surface area contributed by atoms with Crippen LogP contribution in [0.4, 0.5) is 24.8 Å². The van der Waals surface area contributed by atoms with Gasteiger partial charge >= 0.3 is 12.2 Å². The Morgan fingerprint density at radius 1 is 1.00 bits per heavy atom. The molecule has 2 aromatic carbocycles. The van der Waals surface area contributed by atoms with Gasteiger partial charge in [-0.05, 0) is 86.6 Å². The fourth-order valence-corrected chi connectivity index (χ4v) is 7.47. The van der Waals surface area contributed by atoms with Gasteiger partial charge in [-0.25, -0.2) is 31.7 Å². The third-order valence-corrected chi connectivity index (χ3v) is 10.5. The monoisotopic (exact) mass is 800 g/mol. The van der Waals surface area contributed by atoms with Crippen molar-refractivity contribution in [1.82, 2.24) is 19.6 Å². The Bertz CT molecular complexity index is 1820. The van der Waals surface area contributed by atoms with E-state index in [0.29, 0.717) is 17.1 Å². The van der Waals surface area contributed by atoms with Crippen molar-refractivity contribution in [3.63, 3.8) is 0 Å². The van der Waals surface area contributed by atoms with E-state index in [1.54, 1.807) is 66.7 Å². The molecule has 0 spiro atoms. The molecule has 53 heavy (non-hydrogen) atoms. The average Bonchev–Trinajstić information content (AvgIpc) is 3.57. The number of halogens is 2. The van der Waals surface area contributed by atoms with E-state index in [2.05, 4.69) is 20.0 Å². The van der Waals surface area contributed by atoms with Gasteiger partial charge in [-0.2, -0.15) is 4.37 Å². The minimum absolute atomic E-state index is 0.00499. The molecule has 0 fully saturated rings. The van der Waals surface area contributed by atoms with Gasteiger partial charge in [0.25, 0.3) is 10.0 Å². The third kappa shape index (κ3) is 12.2. The summed E-state index contributed by atoms with van der Waals surface area (Å²) in [7, 11) is -1.68. The molecule has 0 saturated carbocycles. The Morgan fingerprint density at radius 2 is 1.66 bits per heavy atom. The fraction of sp³-hybridized carbons (Fsp3) is 0.543. The fourth-order valence-electron chi connectivity index (χ4n) is 4.97. The van der Waals surface area contributed by atoms with Crippen LogP contribution in [-0.2, 0) is 26.0 Å². The van der Waals surface area contributed by atoms with Crippen LogP contribution in [0.3, 0.4) is 0 Å². The van der Waals surface area contributed by atoms with Gasteiger partial charge in [0.15, 0.2) is 0 Å². The largest absolute Gasteiger partial charge is 0.497 e. The van der Waals surface area contributed by atoms with Crippen molar-refractivity contribution in [2.75, 3.05) is 36.9 Å². The maximum Gasteiger partial charge on any atom is 0.410 e. The van der Waals surface area contributed by atoms with Gasteiger partial charge in [0, 0.05) is 54.3 Å². The molecular weight excluding hydrogens is 751 g/mol. The molecule has 2 amide bonds. The zero-order valence-electron chi connectivity index (χ0n) is 31.9. The Hall–Kier alpha value is -4.09. The zero-order valence-corrected chi connectivity index (χ0v) is 34.3. The zero-order chi connectivity index (χ0) is 39.9. The third-order valence-electron chi connectivity index (χ3n) is 7.65. The van der Waals surface area contributed by atoms with Crippen molar-refractivity contribution in [2.24, 2.45) is 5.92 Å². The van der Waals surface area contributed by atoms with Gasteiger partial charge in [-0.1, -0.05) is 11.6 Å². The molecule has 1 aromatic heterocycles. The van der Waals surface area contributed by atoms with Crippen molar-refractivity contribution >= 4 is 56.2 Å². The van der Waals surface area contributed by atoms with Gasteiger partial charge in [-0.3, -0.25) is 0 Å². The predicted molar refractivity (Wildman–Crippen MR) is 203 cm³/mol. The second-order valence-electron chi connectivity index (χ2n) is 14.5. The van der Waals surface area contributed by atoms with Crippen LogP contribution < -0.4 is 24.4 Å². The second-order valence-corrected chi connectivity index (χ2v) is 17.5. The highest BCUT2D eigenvalue weighted by molar-refractivity contribution is 7.93. The molecule has 294 valence electrons. The number of carbonyl (C=O) groups excluding carboxylic acids is 2. The van der Waals surface area contributed by atoms with Gasteiger partial charge < -0.3 is 34.5 Å². The summed E-state index contributed by atoms with van der Waals surface area (Å²) < 4.78 is 70.9. The number of sulfonamides is 1. The Balaban J connectivity index is 1.96. The van der Waals surface area contributed by atoms with Crippen LogP contribution in [0.5, 0.6) is 11.5 Å². The lowest BCUT2D eigenvalue weighted by Crippen LogP contribution is -2.50. The van der Waals surface area contributed by atoms with E-state index >= 15 is 4.39 Å².